The lowest BCUT2D eigenvalue weighted by Gasteiger charge is -2.29. The number of sulfonamides is 1. The first-order chi connectivity index (χ1) is 16.6. The number of fused-ring (bicyclic) bond motifs is 1. The van der Waals surface area contributed by atoms with Crippen molar-refractivity contribution in [1.82, 2.24) is 4.31 Å². The lowest BCUT2D eigenvalue weighted by atomic mass is 10.1. The van der Waals surface area contributed by atoms with Crippen molar-refractivity contribution < 1.29 is 27.2 Å². The summed E-state index contributed by atoms with van der Waals surface area (Å²) in [5.41, 5.74) is 1.70. The van der Waals surface area contributed by atoms with Crippen LogP contribution in [-0.4, -0.2) is 51.1 Å². The third-order valence-corrected chi connectivity index (χ3v) is 7.19. The fraction of sp³-hybridized carbons (Fsp3) is 0.125. The molecular formula is C24H21FN4O5S. The summed E-state index contributed by atoms with van der Waals surface area (Å²) < 4.78 is 39.6. The van der Waals surface area contributed by atoms with Gasteiger partial charge in [0.2, 0.25) is 15.9 Å². The number of carbonyl (C=O) groups excluding carboxylic acids is 3. The lowest BCUT2D eigenvalue weighted by molar-refractivity contribution is -0.115. The third kappa shape index (κ3) is 4.77. The van der Waals surface area contributed by atoms with Crippen LogP contribution in [0.4, 0.5) is 21.5 Å². The number of carbonyl (C=O) groups is 3. The number of rotatable bonds is 5. The maximum absolute atomic E-state index is 14.1. The number of benzene rings is 3. The molecule has 1 heterocycles. The van der Waals surface area contributed by atoms with E-state index in [4.69, 9.17) is 0 Å². The number of hydrogen-bond acceptors (Lipinski definition) is 5. The van der Waals surface area contributed by atoms with Gasteiger partial charge in [0, 0.05) is 30.9 Å². The molecule has 0 saturated carbocycles. The lowest BCUT2D eigenvalue weighted by Crippen LogP contribution is -2.42. The van der Waals surface area contributed by atoms with Crippen LogP contribution in [0.2, 0.25) is 0 Å². The first-order valence-electron chi connectivity index (χ1n) is 10.4. The Kier molecular flexibility index (Phi) is 6.37. The zero-order valence-electron chi connectivity index (χ0n) is 18.8. The van der Waals surface area contributed by atoms with Crippen LogP contribution in [0.15, 0.2) is 71.6 Å². The quantitative estimate of drug-likeness (QED) is 0.564. The van der Waals surface area contributed by atoms with Crippen molar-refractivity contribution >= 4 is 44.8 Å². The molecular weight excluding hydrogens is 475 g/mol. The summed E-state index contributed by atoms with van der Waals surface area (Å²) in [6.07, 6.45) is 0. The first-order valence-corrected chi connectivity index (χ1v) is 11.9. The van der Waals surface area contributed by atoms with E-state index in [0.717, 1.165) is 16.4 Å². The Bertz CT molecular complexity index is 1440. The van der Waals surface area contributed by atoms with E-state index >= 15 is 0 Å². The SMILES string of the molecule is CN(C)S(=O)(=O)c1cc(C(=O)Nc2ccc(C(=O)N3CC(=O)Nc4ccccc43)cc2)ccc1F. The predicted octanol–water partition coefficient (Wildman–Crippen LogP) is 2.93. The van der Waals surface area contributed by atoms with E-state index in [1.165, 1.54) is 49.3 Å². The zero-order valence-corrected chi connectivity index (χ0v) is 19.6. The van der Waals surface area contributed by atoms with Gasteiger partial charge in [0.1, 0.15) is 17.3 Å². The van der Waals surface area contributed by atoms with Crippen LogP contribution in [0.5, 0.6) is 0 Å². The molecule has 180 valence electrons. The minimum Gasteiger partial charge on any atom is -0.323 e. The number of nitrogens with zero attached hydrogens (tertiary/aromatic N) is 2. The largest absolute Gasteiger partial charge is 0.323 e. The van der Waals surface area contributed by atoms with E-state index in [1.54, 1.807) is 24.3 Å². The second-order valence-electron chi connectivity index (χ2n) is 7.92. The average Bonchev–Trinajstić information content (AvgIpc) is 2.83. The van der Waals surface area contributed by atoms with Gasteiger partial charge >= 0.3 is 0 Å². The molecule has 3 aromatic rings. The number of para-hydroxylation sites is 2. The maximum atomic E-state index is 14.1. The summed E-state index contributed by atoms with van der Waals surface area (Å²) in [6, 6.07) is 16.0. The monoisotopic (exact) mass is 496 g/mol. The summed E-state index contributed by atoms with van der Waals surface area (Å²) in [5, 5.41) is 5.32. The van der Waals surface area contributed by atoms with Gasteiger partial charge < -0.3 is 10.6 Å². The van der Waals surface area contributed by atoms with Crippen molar-refractivity contribution in [2.24, 2.45) is 0 Å². The predicted molar refractivity (Wildman–Crippen MR) is 128 cm³/mol. The average molecular weight is 497 g/mol. The van der Waals surface area contributed by atoms with E-state index in [0.29, 0.717) is 22.6 Å². The van der Waals surface area contributed by atoms with Crippen LogP contribution in [0.3, 0.4) is 0 Å². The molecule has 0 saturated heterocycles. The second-order valence-corrected chi connectivity index (χ2v) is 10.0. The third-order valence-electron chi connectivity index (χ3n) is 5.36. The molecule has 4 rings (SSSR count). The molecule has 0 aromatic heterocycles. The Hall–Kier alpha value is -4.09. The molecule has 0 fully saturated rings. The molecule has 0 unspecified atom stereocenters. The zero-order chi connectivity index (χ0) is 25.3. The Morgan fingerprint density at radius 3 is 2.34 bits per heavy atom. The van der Waals surface area contributed by atoms with E-state index in [1.807, 2.05) is 0 Å². The second kappa shape index (κ2) is 9.28. The van der Waals surface area contributed by atoms with Crippen LogP contribution in [0, 0.1) is 5.82 Å². The molecule has 0 atom stereocenters. The van der Waals surface area contributed by atoms with E-state index in [2.05, 4.69) is 10.6 Å². The van der Waals surface area contributed by atoms with Crippen molar-refractivity contribution in [3.8, 4) is 0 Å². The van der Waals surface area contributed by atoms with Gasteiger partial charge in [-0.05, 0) is 54.6 Å². The van der Waals surface area contributed by atoms with Crippen LogP contribution in [0.25, 0.3) is 0 Å². The minimum atomic E-state index is -4.08. The van der Waals surface area contributed by atoms with E-state index < -0.39 is 26.6 Å². The molecule has 35 heavy (non-hydrogen) atoms. The fourth-order valence-corrected chi connectivity index (χ4v) is 4.49. The molecule has 2 N–H and O–H groups in total. The molecule has 0 spiro atoms. The summed E-state index contributed by atoms with van der Waals surface area (Å²) in [5.74, 6) is -2.31. The standard InChI is InChI=1S/C24H21FN4O5S/c1-28(2)35(33,34)21-13-16(9-12-18(21)25)23(31)26-17-10-7-15(8-11-17)24(32)29-14-22(30)27-19-5-3-4-6-20(19)29/h3-13H,14H2,1-2H3,(H,26,31)(H,27,30). The highest BCUT2D eigenvalue weighted by atomic mass is 32.2. The van der Waals surface area contributed by atoms with Crippen molar-refractivity contribution in [3.63, 3.8) is 0 Å². The molecule has 0 radical (unpaired) electrons. The van der Waals surface area contributed by atoms with Gasteiger partial charge in [-0.15, -0.1) is 0 Å². The van der Waals surface area contributed by atoms with Crippen molar-refractivity contribution in [3.05, 3.63) is 83.7 Å². The highest BCUT2D eigenvalue weighted by Crippen LogP contribution is 2.30. The fourth-order valence-electron chi connectivity index (χ4n) is 3.51. The van der Waals surface area contributed by atoms with Crippen molar-refractivity contribution in [2.45, 2.75) is 4.90 Å². The molecule has 0 bridgehead atoms. The van der Waals surface area contributed by atoms with Crippen LogP contribution >= 0.6 is 0 Å². The molecule has 1 aliphatic rings. The Morgan fingerprint density at radius 2 is 1.66 bits per heavy atom. The van der Waals surface area contributed by atoms with Crippen LogP contribution in [-0.2, 0) is 14.8 Å². The smallest absolute Gasteiger partial charge is 0.258 e. The molecule has 11 heteroatoms. The molecule has 9 nitrogen and oxygen atoms in total. The highest BCUT2D eigenvalue weighted by Gasteiger charge is 2.27. The van der Waals surface area contributed by atoms with Gasteiger partial charge in [-0.2, -0.15) is 0 Å². The summed E-state index contributed by atoms with van der Waals surface area (Å²) in [7, 11) is -1.55. The number of halogens is 1. The van der Waals surface area contributed by atoms with Crippen molar-refractivity contribution in [2.75, 3.05) is 36.2 Å². The normalized spacial score (nSPS) is 13.3. The summed E-state index contributed by atoms with van der Waals surface area (Å²) in [6.45, 7) is -0.128. The van der Waals surface area contributed by atoms with Crippen LogP contribution < -0.4 is 15.5 Å². The van der Waals surface area contributed by atoms with Gasteiger partial charge in [0.15, 0.2) is 0 Å². The maximum Gasteiger partial charge on any atom is 0.258 e. The Labute approximate surface area is 201 Å². The highest BCUT2D eigenvalue weighted by molar-refractivity contribution is 7.89. The Balaban J connectivity index is 1.52. The molecule has 3 amide bonds. The topological polar surface area (TPSA) is 116 Å². The first kappa shape index (κ1) is 24.0. The van der Waals surface area contributed by atoms with E-state index in [-0.39, 0.29) is 23.9 Å². The molecule has 0 aliphatic carbocycles. The number of nitrogens with one attached hydrogen (secondary N) is 2. The number of hydrogen-bond donors (Lipinski definition) is 2. The van der Waals surface area contributed by atoms with Gasteiger partial charge in [-0.3, -0.25) is 19.3 Å². The van der Waals surface area contributed by atoms with Crippen LogP contribution in [0.1, 0.15) is 20.7 Å². The minimum absolute atomic E-state index is 0.0529. The molecule has 1 aliphatic heterocycles. The van der Waals surface area contributed by atoms with Crippen molar-refractivity contribution in [1.29, 1.82) is 0 Å². The van der Waals surface area contributed by atoms with Gasteiger partial charge in [-0.25, -0.2) is 17.1 Å². The van der Waals surface area contributed by atoms with Gasteiger partial charge in [0.25, 0.3) is 11.8 Å². The number of anilines is 3. The Morgan fingerprint density at radius 1 is 1.00 bits per heavy atom. The summed E-state index contributed by atoms with van der Waals surface area (Å²) in [4.78, 5) is 38.5. The van der Waals surface area contributed by atoms with Gasteiger partial charge in [-0.1, -0.05) is 12.1 Å². The molecule has 3 aromatic carbocycles. The van der Waals surface area contributed by atoms with Gasteiger partial charge in [0.05, 0.1) is 11.4 Å². The van der Waals surface area contributed by atoms with E-state index in [9.17, 15) is 27.2 Å². The summed E-state index contributed by atoms with van der Waals surface area (Å²) >= 11 is 0. The number of amides is 3.